The topological polar surface area (TPSA) is 43.4 Å². The molecule has 0 unspecified atom stereocenters. The Kier molecular flexibility index (Phi) is 5.07. The highest BCUT2D eigenvalue weighted by molar-refractivity contribution is 5.84. The normalized spacial score (nSPS) is 10.9. The third kappa shape index (κ3) is 4.31. The average Bonchev–Trinajstić information content (AvgIpc) is 2.01. The van der Waals surface area contributed by atoms with Gasteiger partial charge in [0.1, 0.15) is 6.29 Å². The van der Waals surface area contributed by atoms with Crippen molar-refractivity contribution in [2.45, 2.75) is 20.3 Å². The predicted octanol–water partition coefficient (Wildman–Crippen LogP) is 1.08. The number of carbonyl (C=O) groups is 2. The number of aldehydes is 1. The van der Waals surface area contributed by atoms with Crippen LogP contribution in [0.3, 0.4) is 0 Å². The van der Waals surface area contributed by atoms with E-state index in [9.17, 15) is 9.59 Å². The van der Waals surface area contributed by atoms with Crippen LogP contribution in [0.1, 0.15) is 20.3 Å². The summed E-state index contributed by atoms with van der Waals surface area (Å²) in [5, 5.41) is 0. The summed E-state index contributed by atoms with van der Waals surface area (Å²) in [5.41, 5.74) is 0.462. The Morgan fingerprint density at radius 3 is 2.55 bits per heavy atom. The van der Waals surface area contributed by atoms with Gasteiger partial charge in [0.05, 0.1) is 13.0 Å². The average molecular weight is 156 g/mol. The molecular weight excluding hydrogens is 144 g/mol. The molecule has 0 bridgehead atoms. The molecule has 0 spiro atoms. The molecule has 0 aliphatic heterocycles. The minimum absolute atomic E-state index is 0.0772. The van der Waals surface area contributed by atoms with Gasteiger partial charge in [-0.05, 0) is 19.4 Å². The minimum Gasteiger partial charge on any atom is -0.466 e. The molecule has 3 heteroatoms. The Morgan fingerprint density at radius 2 is 2.18 bits per heavy atom. The van der Waals surface area contributed by atoms with Gasteiger partial charge >= 0.3 is 5.97 Å². The van der Waals surface area contributed by atoms with E-state index in [0.717, 1.165) is 0 Å². The summed E-state index contributed by atoms with van der Waals surface area (Å²) >= 11 is 0. The number of esters is 1. The van der Waals surface area contributed by atoms with E-state index in [1.54, 1.807) is 19.9 Å². The van der Waals surface area contributed by atoms with Gasteiger partial charge in [0.25, 0.3) is 0 Å². The molecular formula is C8H12O3. The van der Waals surface area contributed by atoms with Crippen LogP contribution in [0.2, 0.25) is 0 Å². The summed E-state index contributed by atoms with van der Waals surface area (Å²) in [7, 11) is 0. The molecule has 0 aromatic rings. The van der Waals surface area contributed by atoms with Crippen LogP contribution in [-0.4, -0.2) is 18.9 Å². The van der Waals surface area contributed by atoms with E-state index in [2.05, 4.69) is 4.74 Å². The lowest BCUT2D eigenvalue weighted by molar-refractivity contribution is -0.142. The van der Waals surface area contributed by atoms with Crippen molar-refractivity contribution in [2.75, 3.05) is 6.61 Å². The maximum Gasteiger partial charge on any atom is 0.310 e. The Morgan fingerprint density at radius 1 is 1.55 bits per heavy atom. The second-order valence-electron chi connectivity index (χ2n) is 1.96. The fraction of sp³-hybridized carbons (Fsp3) is 0.500. The van der Waals surface area contributed by atoms with Crippen molar-refractivity contribution < 1.29 is 14.3 Å². The maximum absolute atomic E-state index is 10.7. The largest absolute Gasteiger partial charge is 0.466 e. The third-order valence-corrected chi connectivity index (χ3v) is 1.18. The summed E-state index contributed by atoms with van der Waals surface area (Å²) in [5.74, 6) is -0.354. The van der Waals surface area contributed by atoms with E-state index >= 15 is 0 Å². The molecule has 0 heterocycles. The molecule has 0 atom stereocenters. The molecule has 0 aliphatic rings. The Labute approximate surface area is 66.0 Å². The first-order valence-corrected chi connectivity index (χ1v) is 3.50. The zero-order valence-corrected chi connectivity index (χ0v) is 6.79. The standard InChI is InChI=1S/C8H12O3/c1-3-7(6-9)5-8(10)11-4-2/h3,6H,4-5H2,1-2H3/b7-3+. The van der Waals surface area contributed by atoms with Crippen LogP contribution >= 0.6 is 0 Å². The number of hydrogen-bond acceptors (Lipinski definition) is 3. The molecule has 0 saturated heterocycles. The fourth-order valence-corrected chi connectivity index (χ4v) is 0.590. The molecule has 3 nitrogen and oxygen atoms in total. The van der Waals surface area contributed by atoms with Crippen LogP contribution in [0.5, 0.6) is 0 Å². The van der Waals surface area contributed by atoms with E-state index in [4.69, 9.17) is 0 Å². The smallest absolute Gasteiger partial charge is 0.310 e. The fourth-order valence-electron chi connectivity index (χ4n) is 0.590. The summed E-state index contributed by atoms with van der Waals surface area (Å²) < 4.78 is 4.64. The first-order chi connectivity index (χ1) is 5.24. The van der Waals surface area contributed by atoms with Crippen molar-refractivity contribution in [3.05, 3.63) is 11.6 Å². The van der Waals surface area contributed by atoms with Crippen molar-refractivity contribution in [3.8, 4) is 0 Å². The highest BCUT2D eigenvalue weighted by atomic mass is 16.5. The quantitative estimate of drug-likeness (QED) is 0.347. The van der Waals surface area contributed by atoms with Crippen molar-refractivity contribution in [2.24, 2.45) is 0 Å². The highest BCUT2D eigenvalue weighted by Crippen LogP contribution is 1.98. The van der Waals surface area contributed by atoms with Gasteiger partial charge in [-0.3, -0.25) is 9.59 Å². The van der Waals surface area contributed by atoms with Crippen LogP contribution in [0, 0.1) is 0 Å². The predicted molar refractivity (Wildman–Crippen MR) is 41.1 cm³/mol. The van der Waals surface area contributed by atoms with Crippen LogP contribution in [0.15, 0.2) is 11.6 Å². The molecule has 11 heavy (non-hydrogen) atoms. The van der Waals surface area contributed by atoms with Crippen molar-refractivity contribution in [1.29, 1.82) is 0 Å². The molecule has 0 saturated carbocycles. The number of ether oxygens (including phenoxy) is 1. The highest BCUT2D eigenvalue weighted by Gasteiger charge is 2.03. The van der Waals surface area contributed by atoms with Gasteiger partial charge < -0.3 is 4.74 Å². The van der Waals surface area contributed by atoms with Gasteiger partial charge in [-0.1, -0.05) is 6.08 Å². The third-order valence-electron chi connectivity index (χ3n) is 1.18. The number of allylic oxidation sites excluding steroid dienone is 1. The lowest BCUT2D eigenvalue weighted by Gasteiger charge is -1.99. The van der Waals surface area contributed by atoms with Crippen LogP contribution < -0.4 is 0 Å². The van der Waals surface area contributed by atoms with E-state index in [0.29, 0.717) is 18.5 Å². The van der Waals surface area contributed by atoms with Gasteiger partial charge in [0.15, 0.2) is 0 Å². The number of hydrogen-bond donors (Lipinski definition) is 0. The minimum atomic E-state index is -0.354. The monoisotopic (exact) mass is 156 g/mol. The second kappa shape index (κ2) is 5.65. The number of rotatable bonds is 4. The van der Waals surface area contributed by atoms with Gasteiger partial charge in [0, 0.05) is 0 Å². The van der Waals surface area contributed by atoms with Crippen LogP contribution in [-0.2, 0) is 14.3 Å². The Hall–Kier alpha value is -1.12. The molecule has 0 aromatic heterocycles. The first-order valence-electron chi connectivity index (χ1n) is 3.50. The molecule has 0 rings (SSSR count). The molecule has 0 amide bonds. The van der Waals surface area contributed by atoms with E-state index in [-0.39, 0.29) is 12.4 Å². The van der Waals surface area contributed by atoms with E-state index in [1.165, 1.54) is 0 Å². The summed E-state index contributed by atoms with van der Waals surface area (Å²) in [6.07, 6.45) is 2.34. The molecule has 0 aromatic carbocycles. The summed E-state index contributed by atoms with van der Waals surface area (Å²) in [6.45, 7) is 3.80. The molecule has 0 radical (unpaired) electrons. The van der Waals surface area contributed by atoms with Crippen LogP contribution in [0.25, 0.3) is 0 Å². The lowest BCUT2D eigenvalue weighted by atomic mass is 10.2. The SMILES string of the molecule is C/C=C(/C=O)CC(=O)OCC. The molecule has 0 N–H and O–H groups in total. The summed E-state index contributed by atoms with van der Waals surface area (Å²) in [4.78, 5) is 20.9. The van der Waals surface area contributed by atoms with E-state index in [1.807, 2.05) is 0 Å². The maximum atomic E-state index is 10.7. The Bertz CT molecular complexity index is 170. The van der Waals surface area contributed by atoms with Gasteiger partial charge in [-0.2, -0.15) is 0 Å². The second-order valence-corrected chi connectivity index (χ2v) is 1.96. The van der Waals surface area contributed by atoms with Gasteiger partial charge in [-0.25, -0.2) is 0 Å². The van der Waals surface area contributed by atoms with Gasteiger partial charge in [-0.15, -0.1) is 0 Å². The summed E-state index contributed by atoms with van der Waals surface area (Å²) in [6, 6.07) is 0. The van der Waals surface area contributed by atoms with Gasteiger partial charge in [0.2, 0.25) is 0 Å². The van der Waals surface area contributed by atoms with Crippen molar-refractivity contribution in [3.63, 3.8) is 0 Å². The molecule has 0 aliphatic carbocycles. The lowest BCUT2D eigenvalue weighted by Crippen LogP contribution is -2.05. The Balaban J connectivity index is 3.82. The van der Waals surface area contributed by atoms with Crippen molar-refractivity contribution >= 4 is 12.3 Å². The van der Waals surface area contributed by atoms with E-state index < -0.39 is 0 Å². The van der Waals surface area contributed by atoms with Crippen molar-refractivity contribution in [1.82, 2.24) is 0 Å². The first kappa shape index (κ1) is 9.88. The number of carbonyl (C=O) groups excluding carboxylic acids is 2. The van der Waals surface area contributed by atoms with Crippen LogP contribution in [0.4, 0.5) is 0 Å². The zero-order chi connectivity index (χ0) is 8.69. The molecule has 0 fully saturated rings. The zero-order valence-electron chi connectivity index (χ0n) is 6.79. The molecule has 62 valence electrons.